The van der Waals surface area contributed by atoms with Gasteiger partial charge < -0.3 is 9.47 Å². The highest BCUT2D eigenvalue weighted by Crippen LogP contribution is 2.43. The van der Waals surface area contributed by atoms with Crippen LogP contribution in [-0.4, -0.2) is 27.1 Å². The quantitative estimate of drug-likeness (QED) is 0.128. The lowest BCUT2D eigenvalue weighted by molar-refractivity contribution is 0.0450. The van der Waals surface area contributed by atoms with Gasteiger partial charge in [0.2, 0.25) is 5.69 Å². The summed E-state index contributed by atoms with van der Waals surface area (Å²) in [6, 6.07) is 41.9. The van der Waals surface area contributed by atoms with Crippen LogP contribution in [0.5, 0.6) is 11.6 Å². The second-order valence-electron chi connectivity index (χ2n) is 10.3. The van der Waals surface area contributed by atoms with Crippen LogP contribution in [0.1, 0.15) is 40.0 Å². The van der Waals surface area contributed by atoms with Crippen molar-refractivity contribution in [3.05, 3.63) is 154 Å². The molecule has 1 saturated carbocycles. The van der Waals surface area contributed by atoms with Gasteiger partial charge in [-0.25, -0.2) is 9.48 Å². The Balaban J connectivity index is 1.46. The molecule has 1 heterocycles. The number of carbonyl (C=O) groups excluding carboxylic acids is 1. The van der Waals surface area contributed by atoms with Gasteiger partial charge in [0.05, 0.1) is 0 Å². The van der Waals surface area contributed by atoms with Gasteiger partial charge in [0.1, 0.15) is 17.4 Å². The number of benzene rings is 5. The minimum atomic E-state index is -1.05. The van der Waals surface area contributed by atoms with E-state index in [1.54, 1.807) is 4.68 Å². The smallest absolute Gasteiger partial charge is 0.362 e. The Morgan fingerprint density at radius 1 is 0.738 bits per heavy atom. The highest BCUT2D eigenvalue weighted by molar-refractivity contribution is 9.10. The summed E-state index contributed by atoms with van der Waals surface area (Å²) < 4.78 is 14.9. The van der Waals surface area contributed by atoms with Gasteiger partial charge in [-0.3, -0.25) is 0 Å². The van der Waals surface area contributed by atoms with Crippen molar-refractivity contribution >= 4 is 32.7 Å². The van der Waals surface area contributed by atoms with E-state index in [1.807, 2.05) is 127 Å². The number of ether oxygens (including phenoxy) is 2. The van der Waals surface area contributed by atoms with Crippen molar-refractivity contribution in [2.45, 2.75) is 24.5 Å². The van der Waals surface area contributed by atoms with E-state index in [0.29, 0.717) is 5.75 Å². The zero-order valence-corrected chi connectivity index (χ0v) is 24.1. The van der Waals surface area contributed by atoms with Crippen LogP contribution in [0, 0.1) is 0 Å². The highest BCUT2D eigenvalue weighted by atomic mass is 79.9. The molecule has 1 fully saturated rings. The molecule has 7 rings (SSSR count). The number of fused-ring (bicyclic) bond motifs is 1. The lowest BCUT2D eigenvalue weighted by atomic mass is 9.77. The fraction of sp³-hybridized carbons (Fsp3) is 0.114. The molecule has 0 amide bonds. The molecule has 206 valence electrons. The van der Waals surface area contributed by atoms with Crippen LogP contribution in [0.25, 0.3) is 10.8 Å². The molecule has 0 N–H and O–H groups in total. The molecule has 42 heavy (non-hydrogen) atoms. The Bertz CT molecular complexity index is 1770. The highest BCUT2D eigenvalue weighted by Gasteiger charge is 2.45. The van der Waals surface area contributed by atoms with E-state index in [2.05, 4.69) is 26.2 Å². The van der Waals surface area contributed by atoms with Gasteiger partial charge in [-0.1, -0.05) is 129 Å². The number of hydrogen-bond donors (Lipinski definition) is 0. The molecule has 0 bridgehead atoms. The number of hydrogen-bond acceptors (Lipinski definition) is 5. The molecule has 1 aliphatic carbocycles. The van der Waals surface area contributed by atoms with Gasteiger partial charge in [-0.2, -0.15) is 0 Å². The maximum atomic E-state index is 14.0. The first-order valence-corrected chi connectivity index (χ1v) is 14.6. The molecular weight excluding hydrogens is 590 g/mol. The Labute approximate surface area is 251 Å². The van der Waals surface area contributed by atoms with Crippen LogP contribution in [0.3, 0.4) is 0 Å². The molecule has 7 heteroatoms. The number of nitrogens with zero attached hydrogens (tertiary/aromatic N) is 3. The van der Waals surface area contributed by atoms with E-state index in [-0.39, 0.29) is 17.7 Å². The van der Waals surface area contributed by atoms with E-state index in [9.17, 15) is 4.79 Å². The maximum absolute atomic E-state index is 14.0. The zero-order chi connectivity index (χ0) is 28.5. The Morgan fingerprint density at radius 2 is 1.29 bits per heavy atom. The molecule has 6 nitrogen and oxygen atoms in total. The van der Waals surface area contributed by atoms with Crippen LogP contribution >= 0.6 is 15.9 Å². The minimum absolute atomic E-state index is 0.0873. The number of carbonyl (C=O) groups is 1. The predicted molar refractivity (Wildman–Crippen MR) is 165 cm³/mol. The molecule has 1 aliphatic rings. The summed E-state index contributed by atoms with van der Waals surface area (Å²) in [5.74, 6) is 0.112. The topological polar surface area (TPSA) is 66.2 Å². The lowest BCUT2D eigenvalue weighted by Crippen LogP contribution is -2.40. The summed E-state index contributed by atoms with van der Waals surface area (Å²) in [4.78, 5) is 14.0. The fourth-order valence-electron chi connectivity index (χ4n) is 5.41. The van der Waals surface area contributed by atoms with E-state index in [4.69, 9.17) is 9.47 Å². The summed E-state index contributed by atoms with van der Waals surface area (Å²) in [6.07, 6.45) is 1.56. The predicted octanol–water partition coefficient (Wildman–Crippen LogP) is 8.15. The third kappa shape index (κ3) is 4.76. The van der Waals surface area contributed by atoms with E-state index in [0.717, 1.165) is 44.8 Å². The fourth-order valence-corrected chi connectivity index (χ4v) is 5.79. The van der Waals surface area contributed by atoms with E-state index in [1.165, 1.54) is 0 Å². The van der Waals surface area contributed by atoms with Crippen molar-refractivity contribution in [2.24, 2.45) is 0 Å². The van der Waals surface area contributed by atoms with Gasteiger partial charge >= 0.3 is 5.97 Å². The summed E-state index contributed by atoms with van der Waals surface area (Å²) >= 11 is 3.53. The molecule has 1 aromatic heterocycles. The lowest BCUT2D eigenvalue weighted by Gasteiger charge is -2.36. The maximum Gasteiger partial charge on any atom is 0.362 e. The van der Waals surface area contributed by atoms with Crippen molar-refractivity contribution in [1.29, 1.82) is 0 Å². The molecule has 0 saturated heterocycles. The monoisotopic (exact) mass is 615 g/mol. The van der Waals surface area contributed by atoms with Gasteiger partial charge in [-0.15, -0.1) is 0 Å². The van der Waals surface area contributed by atoms with Crippen LogP contribution in [-0.2, 0) is 10.3 Å². The van der Waals surface area contributed by atoms with Crippen LogP contribution in [0.2, 0.25) is 0 Å². The van der Waals surface area contributed by atoms with Crippen molar-refractivity contribution < 1.29 is 14.3 Å². The zero-order valence-electron chi connectivity index (χ0n) is 22.6. The van der Waals surface area contributed by atoms with Gasteiger partial charge in [0.15, 0.2) is 0 Å². The SMILES string of the molecule is O=C(OC1CC1)c1c(Oc2ccc3cc(Br)ccc3c2)nnn1C(c1ccccc1)(c1ccccc1)c1ccccc1. The Morgan fingerprint density at radius 3 is 1.86 bits per heavy atom. The second-order valence-corrected chi connectivity index (χ2v) is 11.2. The molecule has 0 atom stereocenters. The number of halogens is 1. The van der Waals surface area contributed by atoms with Crippen LogP contribution in [0.15, 0.2) is 132 Å². The molecule has 0 spiro atoms. The molecule has 5 aromatic carbocycles. The van der Waals surface area contributed by atoms with E-state index >= 15 is 0 Å². The average Bonchev–Trinajstić information content (AvgIpc) is 3.76. The first-order valence-electron chi connectivity index (χ1n) is 13.8. The summed E-state index contributed by atoms with van der Waals surface area (Å²) in [5, 5.41) is 11.2. The average molecular weight is 617 g/mol. The molecule has 0 aliphatic heterocycles. The Kier molecular flexibility index (Phi) is 6.80. The van der Waals surface area contributed by atoms with Crippen molar-refractivity contribution in [1.82, 2.24) is 15.0 Å². The molecular formula is C35H26BrN3O3. The summed E-state index contributed by atoms with van der Waals surface area (Å²) in [5.41, 5.74) is 1.84. The molecule has 6 aromatic rings. The second kappa shape index (κ2) is 10.9. The minimum Gasteiger partial charge on any atom is -0.458 e. The van der Waals surface area contributed by atoms with Crippen molar-refractivity contribution in [2.75, 3.05) is 0 Å². The Hall–Kier alpha value is -4.75. The van der Waals surface area contributed by atoms with Gasteiger partial charge in [0, 0.05) is 4.47 Å². The number of rotatable bonds is 8. The summed E-state index contributed by atoms with van der Waals surface area (Å²) in [6.45, 7) is 0. The largest absolute Gasteiger partial charge is 0.458 e. The molecule has 0 radical (unpaired) electrons. The van der Waals surface area contributed by atoms with Gasteiger partial charge in [0.25, 0.3) is 5.88 Å². The third-order valence-corrected chi connectivity index (χ3v) is 8.00. The number of aromatic nitrogens is 3. The summed E-state index contributed by atoms with van der Waals surface area (Å²) in [7, 11) is 0. The van der Waals surface area contributed by atoms with Crippen molar-refractivity contribution in [3.8, 4) is 11.6 Å². The van der Waals surface area contributed by atoms with Crippen LogP contribution in [0.4, 0.5) is 0 Å². The normalized spacial score (nSPS) is 13.2. The standard InChI is InChI=1S/C35H26BrN3O3/c36-29-18-16-25-23-31(19-17-24(25)22-29)41-33-32(34(40)42-30-20-21-30)39(38-37-33)35(26-10-4-1-5-11-26,27-12-6-2-7-13-27)28-14-8-3-9-15-28/h1-19,22-23,30H,20-21H2. The number of esters is 1. The molecule has 0 unspecified atom stereocenters. The third-order valence-electron chi connectivity index (χ3n) is 7.51. The first-order chi connectivity index (χ1) is 20.6. The van der Waals surface area contributed by atoms with Crippen LogP contribution < -0.4 is 4.74 Å². The van der Waals surface area contributed by atoms with E-state index < -0.39 is 11.5 Å². The first kappa shape index (κ1) is 26.2. The van der Waals surface area contributed by atoms with Crippen molar-refractivity contribution in [3.63, 3.8) is 0 Å². The van der Waals surface area contributed by atoms with Gasteiger partial charge in [-0.05, 0) is 64.6 Å².